The predicted molar refractivity (Wildman–Crippen MR) is 135 cm³/mol. The highest BCUT2D eigenvalue weighted by Crippen LogP contribution is 2.29. The molecule has 2 aromatic heterocycles. The average Bonchev–Trinajstić information content (AvgIpc) is 3.19. The van der Waals surface area contributed by atoms with Crippen LogP contribution in [0.25, 0.3) is 22.4 Å². The van der Waals surface area contributed by atoms with Crippen LogP contribution in [-0.2, 0) is 23.1 Å². The molecule has 0 unspecified atom stereocenters. The largest absolute Gasteiger partial charge is 0.464 e. The molecule has 3 rings (SSSR count). The molecule has 0 amide bonds. The second-order valence-electron chi connectivity index (χ2n) is 9.61. The Kier molecular flexibility index (Phi) is 8.47. The summed E-state index contributed by atoms with van der Waals surface area (Å²) in [6.45, 7) is 9.69. The lowest BCUT2D eigenvalue weighted by Crippen LogP contribution is -2.45. The Morgan fingerprint density at radius 1 is 1.20 bits per heavy atom. The number of aliphatic hydroxyl groups is 2. The van der Waals surface area contributed by atoms with Gasteiger partial charge in [0.2, 0.25) is 0 Å². The van der Waals surface area contributed by atoms with Gasteiger partial charge in [0, 0.05) is 30.9 Å². The number of aryl methyl sites for hydroxylation is 2. The lowest BCUT2D eigenvalue weighted by atomic mass is 10.1. The van der Waals surface area contributed by atoms with Crippen LogP contribution in [0, 0.1) is 12.8 Å². The van der Waals surface area contributed by atoms with E-state index >= 15 is 0 Å². The molecule has 1 aromatic carbocycles. The van der Waals surface area contributed by atoms with E-state index in [1.807, 2.05) is 49.6 Å². The number of ether oxygens (including phenoxy) is 1. The van der Waals surface area contributed by atoms with E-state index in [2.05, 4.69) is 5.32 Å². The summed E-state index contributed by atoms with van der Waals surface area (Å²) < 4.78 is 8.79. The van der Waals surface area contributed by atoms with Gasteiger partial charge in [-0.1, -0.05) is 19.9 Å². The molecule has 0 fully saturated rings. The lowest BCUT2D eigenvalue weighted by molar-refractivity contribution is -0.150. The minimum atomic E-state index is -0.914. The molecular weight excluding hydrogens is 448 g/mol. The van der Waals surface area contributed by atoms with Crippen molar-refractivity contribution in [3.05, 3.63) is 51.9 Å². The molecule has 3 aromatic rings. The van der Waals surface area contributed by atoms with Crippen LogP contribution in [0.3, 0.4) is 0 Å². The number of hydrogen-bond acceptors (Lipinski definition) is 7. The van der Waals surface area contributed by atoms with Gasteiger partial charge in [-0.15, -0.1) is 0 Å². The van der Waals surface area contributed by atoms with Crippen molar-refractivity contribution in [2.45, 2.75) is 59.4 Å². The van der Waals surface area contributed by atoms with Crippen molar-refractivity contribution in [1.29, 1.82) is 0 Å². The number of hydrogen-bond donors (Lipinski definition) is 3. The van der Waals surface area contributed by atoms with E-state index in [1.165, 1.54) is 4.57 Å². The number of esters is 1. The SMILES string of the molecule is Cc1cc(-c2nc3cc(CN[C@H](C(=O)OCC(C)C)[C@H](C)O)ccc3n2[C@@H](C)CO)cn(C)c1=O. The first-order valence-electron chi connectivity index (χ1n) is 11.9. The first-order valence-corrected chi connectivity index (χ1v) is 11.9. The normalized spacial score (nSPS) is 14.3. The Hall–Kier alpha value is -3.01. The van der Waals surface area contributed by atoms with Crippen LogP contribution < -0.4 is 10.9 Å². The summed E-state index contributed by atoms with van der Waals surface area (Å²) in [6, 6.07) is 6.50. The third-order valence-electron chi connectivity index (χ3n) is 5.90. The van der Waals surface area contributed by atoms with Crippen molar-refractivity contribution in [1.82, 2.24) is 19.4 Å². The smallest absolute Gasteiger partial charge is 0.325 e. The molecule has 3 N–H and O–H groups in total. The second kappa shape index (κ2) is 11.2. The molecule has 0 bridgehead atoms. The number of aromatic nitrogens is 3. The summed E-state index contributed by atoms with van der Waals surface area (Å²) in [4.78, 5) is 29.4. The van der Waals surface area contributed by atoms with Gasteiger partial charge in [0.1, 0.15) is 11.9 Å². The maximum Gasteiger partial charge on any atom is 0.325 e. The Morgan fingerprint density at radius 2 is 1.91 bits per heavy atom. The number of nitrogens with zero attached hydrogens (tertiary/aromatic N) is 3. The molecule has 190 valence electrons. The third kappa shape index (κ3) is 5.98. The fourth-order valence-electron chi connectivity index (χ4n) is 4.00. The van der Waals surface area contributed by atoms with Gasteiger partial charge in [-0.3, -0.25) is 14.9 Å². The highest BCUT2D eigenvalue weighted by molar-refractivity contribution is 5.81. The van der Waals surface area contributed by atoms with E-state index in [0.29, 0.717) is 24.5 Å². The molecule has 3 atom stereocenters. The molecule has 0 spiro atoms. The highest BCUT2D eigenvalue weighted by Gasteiger charge is 2.25. The van der Waals surface area contributed by atoms with Gasteiger partial charge in [0.05, 0.1) is 36.4 Å². The Morgan fingerprint density at radius 3 is 2.51 bits per heavy atom. The topological polar surface area (TPSA) is 119 Å². The number of carbonyl (C=O) groups excluding carboxylic acids is 1. The summed E-state index contributed by atoms with van der Waals surface area (Å²) >= 11 is 0. The first-order chi connectivity index (χ1) is 16.5. The zero-order valence-electron chi connectivity index (χ0n) is 21.3. The van der Waals surface area contributed by atoms with Crippen LogP contribution in [0.15, 0.2) is 35.3 Å². The monoisotopic (exact) mass is 484 g/mol. The van der Waals surface area contributed by atoms with Crippen molar-refractivity contribution in [2.75, 3.05) is 13.2 Å². The zero-order valence-corrected chi connectivity index (χ0v) is 21.3. The van der Waals surface area contributed by atoms with Gasteiger partial charge in [0.15, 0.2) is 0 Å². The summed E-state index contributed by atoms with van der Waals surface area (Å²) in [5.41, 5.74) is 3.77. The van der Waals surface area contributed by atoms with Crippen molar-refractivity contribution in [3.63, 3.8) is 0 Å². The summed E-state index contributed by atoms with van der Waals surface area (Å²) in [6.07, 6.45) is 0.831. The fraction of sp³-hybridized carbons (Fsp3) is 0.500. The van der Waals surface area contributed by atoms with Crippen LogP contribution >= 0.6 is 0 Å². The van der Waals surface area contributed by atoms with Crippen LogP contribution in [0.4, 0.5) is 0 Å². The number of fused-ring (bicyclic) bond motifs is 1. The zero-order chi connectivity index (χ0) is 25.9. The molecule has 9 nitrogen and oxygen atoms in total. The maximum atomic E-state index is 12.4. The van der Waals surface area contributed by atoms with Gasteiger partial charge >= 0.3 is 5.97 Å². The van der Waals surface area contributed by atoms with E-state index in [0.717, 1.165) is 22.2 Å². The van der Waals surface area contributed by atoms with E-state index < -0.39 is 18.1 Å². The second-order valence-corrected chi connectivity index (χ2v) is 9.61. The number of aliphatic hydroxyl groups excluding tert-OH is 2. The summed E-state index contributed by atoms with van der Waals surface area (Å²) in [5.74, 6) is 0.380. The molecule has 0 saturated carbocycles. The molecule has 0 radical (unpaired) electrons. The van der Waals surface area contributed by atoms with Crippen LogP contribution in [-0.4, -0.2) is 55.7 Å². The molecule has 0 saturated heterocycles. The number of rotatable bonds is 10. The number of pyridine rings is 1. The van der Waals surface area contributed by atoms with Gasteiger partial charge < -0.3 is 24.1 Å². The number of benzene rings is 1. The molecule has 0 aliphatic carbocycles. The fourth-order valence-corrected chi connectivity index (χ4v) is 4.00. The molecular formula is C26H36N4O5. The average molecular weight is 485 g/mol. The van der Waals surface area contributed by atoms with Gasteiger partial charge in [-0.2, -0.15) is 0 Å². The van der Waals surface area contributed by atoms with Crippen LogP contribution in [0.1, 0.15) is 44.9 Å². The Bertz CT molecular complexity index is 1220. The van der Waals surface area contributed by atoms with Crippen molar-refractivity contribution < 1.29 is 19.7 Å². The quantitative estimate of drug-likeness (QED) is 0.378. The standard InChI is InChI=1S/C26H36N4O5/c1-15(2)14-35-26(34)23(18(5)32)27-11-19-7-8-22-21(10-19)28-24(30(22)17(4)13-31)20-9-16(3)25(33)29(6)12-20/h7-10,12,15,17-18,23,27,31-32H,11,13-14H2,1-6H3/t17-,18-,23-/m0/s1. The number of nitrogens with one attached hydrogen (secondary N) is 1. The maximum absolute atomic E-state index is 12.4. The van der Waals surface area contributed by atoms with Crippen molar-refractivity contribution in [2.24, 2.45) is 13.0 Å². The molecule has 0 aliphatic rings. The van der Waals surface area contributed by atoms with Crippen molar-refractivity contribution >= 4 is 17.0 Å². The summed E-state index contributed by atoms with van der Waals surface area (Å²) in [7, 11) is 1.70. The first kappa shape index (κ1) is 26.6. The van der Waals surface area contributed by atoms with E-state index in [9.17, 15) is 19.8 Å². The van der Waals surface area contributed by atoms with Gasteiger partial charge in [-0.05, 0) is 50.5 Å². The Balaban J connectivity index is 1.94. The minimum absolute atomic E-state index is 0.0684. The van der Waals surface area contributed by atoms with Gasteiger partial charge in [0.25, 0.3) is 5.56 Å². The van der Waals surface area contributed by atoms with E-state index in [-0.39, 0.29) is 24.1 Å². The molecule has 9 heteroatoms. The van der Waals surface area contributed by atoms with E-state index in [1.54, 1.807) is 27.1 Å². The van der Waals surface area contributed by atoms with Gasteiger partial charge in [-0.25, -0.2) is 4.98 Å². The number of imidazole rings is 1. The summed E-state index contributed by atoms with van der Waals surface area (Å²) in [5, 5.41) is 23.1. The molecule has 2 heterocycles. The molecule has 35 heavy (non-hydrogen) atoms. The molecule has 0 aliphatic heterocycles. The third-order valence-corrected chi connectivity index (χ3v) is 5.90. The minimum Gasteiger partial charge on any atom is -0.464 e. The van der Waals surface area contributed by atoms with Crippen molar-refractivity contribution in [3.8, 4) is 11.4 Å². The number of carbonyl (C=O) groups is 1. The van der Waals surface area contributed by atoms with E-state index in [4.69, 9.17) is 9.72 Å². The lowest BCUT2D eigenvalue weighted by Gasteiger charge is -2.21. The van der Waals surface area contributed by atoms with Crippen LogP contribution in [0.2, 0.25) is 0 Å². The highest BCUT2D eigenvalue weighted by atomic mass is 16.5. The predicted octanol–water partition coefficient (Wildman–Crippen LogP) is 2.30. The Labute approximate surface area is 205 Å². The van der Waals surface area contributed by atoms with Crippen LogP contribution in [0.5, 0.6) is 0 Å².